The lowest BCUT2D eigenvalue weighted by molar-refractivity contribution is -0.107. The van der Waals surface area contributed by atoms with Crippen LogP contribution in [0.4, 0.5) is 0 Å². The van der Waals surface area contributed by atoms with Gasteiger partial charge >= 0.3 is 0 Å². The van der Waals surface area contributed by atoms with Crippen LogP contribution in [0.25, 0.3) is 0 Å². The van der Waals surface area contributed by atoms with Gasteiger partial charge in [0.15, 0.2) is 5.78 Å². The van der Waals surface area contributed by atoms with Crippen molar-refractivity contribution in [1.29, 1.82) is 0 Å². The molecule has 0 spiro atoms. The molecule has 0 aliphatic heterocycles. The molecule has 0 aliphatic rings. The van der Waals surface area contributed by atoms with Crippen LogP contribution in [0.1, 0.15) is 29.6 Å². The van der Waals surface area contributed by atoms with Crippen LogP contribution in [0.15, 0.2) is 40.9 Å². The molecule has 0 amide bonds. The largest absolute Gasteiger partial charge is 0.303 e. The first-order valence-corrected chi connectivity index (χ1v) is 5.93. The highest BCUT2D eigenvalue weighted by Crippen LogP contribution is 2.12. The molecule has 0 saturated carbocycles. The van der Waals surface area contributed by atoms with Gasteiger partial charge < -0.3 is 4.79 Å². The summed E-state index contributed by atoms with van der Waals surface area (Å²) in [6.45, 7) is 0. The van der Waals surface area contributed by atoms with Crippen molar-refractivity contribution in [2.45, 2.75) is 19.3 Å². The van der Waals surface area contributed by atoms with Crippen LogP contribution in [0.5, 0.6) is 0 Å². The second kappa shape index (κ2) is 7.12. The van der Waals surface area contributed by atoms with Gasteiger partial charge in [-0.15, -0.1) is 0 Å². The number of hydrogen-bond acceptors (Lipinski definition) is 2. The van der Waals surface area contributed by atoms with Crippen LogP contribution in [0.3, 0.4) is 0 Å². The normalized spacial score (nSPS) is 10.6. The average molecular weight is 281 g/mol. The zero-order chi connectivity index (χ0) is 11.8. The van der Waals surface area contributed by atoms with Gasteiger partial charge in [-0.25, -0.2) is 0 Å². The van der Waals surface area contributed by atoms with E-state index < -0.39 is 0 Å². The molecule has 0 N–H and O–H groups in total. The Bertz CT molecular complexity index is 397. The van der Waals surface area contributed by atoms with Gasteiger partial charge in [0.2, 0.25) is 0 Å². The van der Waals surface area contributed by atoms with Crippen LogP contribution < -0.4 is 0 Å². The summed E-state index contributed by atoms with van der Waals surface area (Å²) in [5, 5.41) is 0. The van der Waals surface area contributed by atoms with Crippen molar-refractivity contribution in [2.75, 3.05) is 0 Å². The standard InChI is InChI=1S/C13H13BrO2/c14-12-7-5-6-11(10-12)13(16)8-3-1-2-4-9-15/h3,5-10H,1-2,4H2/b8-3+. The molecule has 1 rings (SSSR count). The number of unbranched alkanes of at least 4 members (excludes halogenated alkanes) is 2. The molecule has 2 nitrogen and oxygen atoms in total. The summed E-state index contributed by atoms with van der Waals surface area (Å²) >= 11 is 3.32. The van der Waals surface area contributed by atoms with E-state index in [9.17, 15) is 9.59 Å². The molecule has 0 aromatic heterocycles. The summed E-state index contributed by atoms with van der Waals surface area (Å²) in [6, 6.07) is 7.28. The number of hydrogen-bond donors (Lipinski definition) is 0. The second-order valence-corrected chi connectivity index (χ2v) is 4.29. The Labute approximate surface area is 103 Å². The molecule has 0 bridgehead atoms. The smallest absolute Gasteiger partial charge is 0.185 e. The third-order valence-corrected chi connectivity index (χ3v) is 2.56. The Morgan fingerprint density at radius 3 is 2.81 bits per heavy atom. The zero-order valence-electron chi connectivity index (χ0n) is 8.86. The highest BCUT2D eigenvalue weighted by molar-refractivity contribution is 9.10. The number of ketones is 1. The van der Waals surface area contributed by atoms with Crippen LogP contribution in [0, 0.1) is 0 Å². The minimum atomic E-state index is -0.00703. The van der Waals surface area contributed by atoms with Gasteiger partial charge in [-0.1, -0.05) is 34.1 Å². The fourth-order valence-electron chi connectivity index (χ4n) is 1.25. The van der Waals surface area contributed by atoms with E-state index in [0.29, 0.717) is 12.0 Å². The molecule has 0 aliphatic carbocycles. The van der Waals surface area contributed by atoms with E-state index >= 15 is 0 Å². The highest BCUT2D eigenvalue weighted by atomic mass is 79.9. The van der Waals surface area contributed by atoms with E-state index in [0.717, 1.165) is 23.6 Å². The molecule has 0 unspecified atom stereocenters. The Morgan fingerprint density at radius 2 is 2.12 bits per heavy atom. The third-order valence-electron chi connectivity index (χ3n) is 2.07. The minimum absolute atomic E-state index is 0.00703. The molecule has 84 valence electrons. The number of halogens is 1. The third kappa shape index (κ3) is 4.53. The second-order valence-electron chi connectivity index (χ2n) is 3.37. The van der Waals surface area contributed by atoms with Crippen LogP contribution in [0.2, 0.25) is 0 Å². The van der Waals surface area contributed by atoms with Gasteiger partial charge in [0.25, 0.3) is 0 Å². The van der Waals surface area contributed by atoms with E-state index in [1.54, 1.807) is 18.2 Å². The molecule has 0 radical (unpaired) electrons. The summed E-state index contributed by atoms with van der Waals surface area (Å²) in [4.78, 5) is 21.7. The molecular formula is C13H13BrO2. The maximum atomic E-state index is 11.7. The van der Waals surface area contributed by atoms with Gasteiger partial charge in [0, 0.05) is 16.5 Å². The summed E-state index contributed by atoms with van der Waals surface area (Å²) in [7, 11) is 0. The van der Waals surface area contributed by atoms with E-state index in [1.165, 1.54) is 0 Å². The molecule has 0 fully saturated rings. The van der Waals surface area contributed by atoms with Crippen molar-refractivity contribution in [3.05, 3.63) is 46.5 Å². The summed E-state index contributed by atoms with van der Waals surface area (Å²) in [6.07, 6.45) is 6.38. The van der Waals surface area contributed by atoms with E-state index in [-0.39, 0.29) is 5.78 Å². The number of carbonyl (C=O) groups is 2. The van der Waals surface area contributed by atoms with Crippen LogP contribution in [-0.2, 0) is 4.79 Å². The van der Waals surface area contributed by atoms with Gasteiger partial charge in [0.05, 0.1) is 0 Å². The molecular weight excluding hydrogens is 268 g/mol. The number of carbonyl (C=O) groups excluding carboxylic acids is 2. The maximum absolute atomic E-state index is 11.7. The lowest BCUT2D eigenvalue weighted by Crippen LogP contribution is -1.93. The number of aldehydes is 1. The first kappa shape index (κ1) is 12.8. The predicted molar refractivity (Wildman–Crippen MR) is 67.5 cm³/mol. The van der Waals surface area contributed by atoms with Crippen molar-refractivity contribution in [3.8, 4) is 0 Å². The average Bonchev–Trinajstić information content (AvgIpc) is 2.28. The Balaban J connectivity index is 2.49. The lowest BCUT2D eigenvalue weighted by atomic mass is 10.1. The summed E-state index contributed by atoms with van der Waals surface area (Å²) in [5.41, 5.74) is 0.668. The monoisotopic (exact) mass is 280 g/mol. The number of benzene rings is 1. The fraction of sp³-hybridized carbons (Fsp3) is 0.231. The topological polar surface area (TPSA) is 34.1 Å². The van der Waals surface area contributed by atoms with Crippen LogP contribution in [-0.4, -0.2) is 12.1 Å². The molecule has 3 heteroatoms. The predicted octanol–water partition coefficient (Wildman–Crippen LogP) is 3.56. The van der Waals surface area contributed by atoms with Crippen molar-refractivity contribution in [2.24, 2.45) is 0 Å². The Hall–Kier alpha value is -1.22. The molecule has 1 aromatic carbocycles. The van der Waals surface area contributed by atoms with Gasteiger partial charge in [-0.05, 0) is 31.1 Å². The first-order chi connectivity index (χ1) is 7.74. The number of rotatable bonds is 6. The Morgan fingerprint density at radius 1 is 1.31 bits per heavy atom. The van der Waals surface area contributed by atoms with Crippen LogP contribution >= 0.6 is 15.9 Å². The first-order valence-electron chi connectivity index (χ1n) is 5.14. The Kier molecular flexibility index (Phi) is 5.72. The zero-order valence-corrected chi connectivity index (χ0v) is 10.4. The molecule has 1 aromatic rings. The lowest BCUT2D eigenvalue weighted by Gasteiger charge is -1.96. The molecule has 0 heterocycles. The molecule has 0 saturated heterocycles. The highest BCUT2D eigenvalue weighted by Gasteiger charge is 2.00. The van der Waals surface area contributed by atoms with Gasteiger partial charge in [-0.2, -0.15) is 0 Å². The van der Waals surface area contributed by atoms with Crippen molar-refractivity contribution in [1.82, 2.24) is 0 Å². The quantitative estimate of drug-likeness (QED) is 0.346. The SMILES string of the molecule is O=CCCC/C=C/C(=O)c1cccc(Br)c1. The molecule has 0 atom stereocenters. The fourth-order valence-corrected chi connectivity index (χ4v) is 1.65. The molecule has 16 heavy (non-hydrogen) atoms. The summed E-state index contributed by atoms with van der Waals surface area (Å²) < 4.78 is 0.896. The minimum Gasteiger partial charge on any atom is -0.303 e. The van der Waals surface area contributed by atoms with E-state index in [2.05, 4.69) is 15.9 Å². The number of allylic oxidation sites excluding steroid dienone is 2. The van der Waals surface area contributed by atoms with Gasteiger partial charge in [0.1, 0.15) is 6.29 Å². The van der Waals surface area contributed by atoms with Crippen molar-refractivity contribution < 1.29 is 9.59 Å². The van der Waals surface area contributed by atoms with E-state index in [4.69, 9.17) is 0 Å². The van der Waals surface area contributed by atoms with Gasteiger partial charge in [-0.3, -0.25) is 4.79 Å². The van der Waals surface area contributed by atoms with Crippen molar-refractivity contribution >= 4 is 28.0 Å². The van der Waals surface area contributed by atoms with E-state index in [1.807, 2.05) is 18.2 Å². The maximum Gasteiger partial charge on any atom is 0.185 e. The van der Waals surface area contributed by atoms with Crippen molar-refractivity contribution in [3.63, 3.8) is 0 Å². The summed E-state index contributed by atoms with van der Waals surface area (Å²) in [5.74, 6) is -0.00703.